The van der Waals surface area contributed by atoms with Gasteiger partial charge in [0.25, 0.3) is 0 Å². The standard InChI is InChI=1S/C46H79N2O8/c1-5-8-11-14-16-21-32-52-45(53-33-22-17-15-12-9-6-2)27-26-44(50)55-38-41-35-39(4)34-40(36-41)37-54-43(49)25-24-42(23-18-13-10-7-3)56-46(51)47-28-31-48-29-19-20-30-48/h34-36,42,45H,4-33,37-38H2,1-3H3,(H,47,51). The number of alkyl carbamates (subject to hydrolysis) is 1. The molecule has 10 nitrogen and oxygen atoms in total. The van der Waals surface area contributed by atoms with Gasteiger partial charge >= 0.3 is 18.0 Å². The van der Waals surface area contributed by atoms with Crippen molar-refractivity contribution >= 4 is 18.0 Å². The second-order valence-corrected chi connectivity index (χ2v) is 15.6. The van der Waals surface area contributed by atoms with E-state index >= 15 is 0 Å². The van der Waals surface area contributed by atoms with E-state index in [4.69, 9.17) is 23.7 Å². The first kappa shape index (κ1) is 49.5. The number of hydrogen-bond donors (Lipinski definition) is 1. The first-order valence-corrected chi connectivity index (χ1v) is 22.5. The molecule has 1 saturated heterocycles. The normalized spacial score (nSPS) is 13.6. The fourth-order valence-electron chi connectivity index (χ4n) is 6.98. The van der Waals surface area contributed by atoms with Crippen LogP contribution in [-0.4, -0.2) is 74.7 Å². The minimum atomic E-state index is -0.424. The third-order valence-corrected chi connectivity index (χ3v) is 10.3. The van der Waals surface area contributed by atoms with Gasteiger partial charge in [-0.05, 0) is 87.7 Å². The van der Waals surface area contributed by atoms with Gasteiger partial charge in [-0.25, -0.2) is 4.79 Å². The van der Waals surface area contributed by atoms with Crippen molar-refractivity contribution in [1.29, 1.82) is 0 Å². The first-order valence-electron chi connectivity index (χ1n) is 22.5. The summed E-state index contributed by atoms with van der Waals surface area (Å²) in [6.07, 6.45) is 21.7. The minimum Gasteiger partial charge on any atom is -0.461 e. The Labute approximate surface area is 340 Å². The molecule has 1 aromatic carbocycles. The number of ether oxygens (including phenoxy) is 5. The molecule has 1 radical (unpaired) electrons. The first-order chi connectivity index (χ1) is 27.3. The van der Waals surface area contributed by atoms with E-state index in [2.05, 4.69) is 37.9 Å². The summed E-state index contributed by atoms with van der Waals surface area (Å²) >= 11 is 0. The molecule has 0 aromatic heterocycles. The Hall–Kier alpha value is -2.69. The van der Waals surface area contributed by atoms with Crippen LogP contribution in [0.15, 0.2) is 18.2 Å². The number of amides is 1. The van der Waals surface area contributed by atoms with Crippen LogP contribution in [0.5, 0.6) is 0 Å². The van der Waals surface area contributed by atoms with E-state index < -0.39 is 12.4 Å². The van der Waals surface area contributed by atoms with Gasteiger partial charge in [-0.2, -0.15) is 0 Å². The van der Waals surface area contributed by atoms with Crippen molar-refractivity contribution in [2.45, 2.75) is 194 Å². The van der Waals surface area contributed by atoms with Crippen molar-refractivity contribution in [3.8, 4) is 0 Å². The molecule has 1 amide bonds. The molecule has 1 heterocycles. The third kappa shape index (κ3) is 26.3. The number of benzene rings is 1. The summed E-state index contributed by atoms with van der Waals surface area (Å²) in [6, 6.07) is 5.60. The van der Waals surface area contributed by atoms with Gasteiger partial charge in [0.15, 0.2) is 6.29 Å². The Morgan fingerprint density at radius 2 is 1.16 bits per heavy atom. The molecule has 1 N–H and O–H groups in total. The molecule has 1 atom stereocenters. The highest BCUT2D eigenvalue weighted by Crippen LogP contribution is 2.17. The molecular weight excluding hydrogens is 709 g/mol. The van der Waals surface area contributed by atoms with Crippen LogP contribution in [0.25, 0.3) is 0 Å². The number of esters is 2. The molecule has 0 bridgehead atoms. The zero-order valence-corrected chi connectivity index (χ0v) is 35.7. The summed E-state index contributed by atoms with van der Waals surface area (Å²) in [4.78, 5) is 40.5. The molecule has 321 valence electrons. The Morgan fingerprint density at radius 3 is 1.71 bits per heavy atom. The largest absolute Gasteiger partial charge is 0.461 e. The number of likely N-dealkylation sites (tertiary alicyclic amines) is 1. The summed E-state index contributed by atoms with van der Waals surface area (Å²) in [5.74, 6) is -0.661. The zero-order chi connectivity index (χ0) is 40.5. The second-order valence-electron chi connectivity index (χ2n) is 15.6. The maximum Gasteiger partial charge on any atom is 0.407 e. The minimum absolute atomic E-state index is 0.0791. The highest BCUT2D eigenvalue weighted by atomic mass is 16.7. The van der Waals surface area contributed by atoms with Crippen LogP contribution >= 0.6 is 0 Å². The number of nitrogens with zero attached hydrogens (tertiary/aromatic N) is 1. The smallest absolute Gasteiger partial charge is 0.407 e. The average molecular weight is 788 g/mol. The fraction of sp³-hybridized carbons (Fsp3) is 0.783. The Kier molecular flexibility index (Phi) is 29.4. The molecule has 10 heteroatoms. The monoisotopic (exact) mass is 788 g/mol. The number of unbranched alkanes of at least 4 members (excludes halogenated alkanes) is 13. The zero-order valence-electron chi connectivity index (χ0n) is 35.7. The van der Waals surface area contributed by atoms with Crippen molar-refractivity contribution < 1.29 is 38.1 Å². The molecule has 0 saturated carbocycles. The number of carbonyl (C=O) groups is 3. The SMILES string of the molecule is [CH2]c1cc(COC(=O)CCC(CCCCCC)OC(=O)NCCN2CCCC2)cc(COC(=O)CCC(OCCCCCCCC)OCCCCCCCC)c1. The highest BCUT2D eigenvalue weighted by molar-refractivity contribution is 5.70. The molecule has 1 aliphatic rings. The molecule has 0 spiro atoms. The number of carbonyl (C=O) groups excluding carboxylic acids is 3. The van der Waals surface area contributed by atoms with Crippen LogP contribution in [0.4, 0.5) is 4.79 Å². The summed E-state index contributed by atoms with van der Waals surface area (Å²) in [6.45, 7) is 15.7. The predicted molar refractivity (Wildman–Crippen MR) is 224 cm³/mol. The molecule has 2 rings (SSSR count). The maximum absolute atomic E-state index is 12.8. The summed E-state index contributed by atoms with van der Waals surface area (Å²) < 4.78 is 29.2. The van der Waals surface area contributed by atoms with E-state index in [1.165, 1.54) is 64.2 Å². The van der Waals surface area contributed by atoms with Gasteiger partial charge in [-0.15, -0.1) is 0 Å². The maximum atomic E-state index is 12.8. The lowest BCUT2D eigenvalue weighted by molar-refractivity contribution is -0.160. The molecule has 1 aliphatic heterocycles. The van der Waals surface area contributed by atoms with Crippen LogP contribution in [-0.2, 0) is 46.5 Å². The van der Waals surface area contributed by atoms with E-state index in [1.54, 1.807) is 0 Å². The lowest BCUT2D eigenvalue weighted by atomic mass is 10.1. The second kappa shape index (κ2) is 33.3. The van der Waals surface area contributed by atoms with Crippen molar-refractivity contribution in [2.75, 3.05) is 39.4 Å². The number of rotatable bonds is 35. The predicted octanol–water partition coefficient (Wildman–Crippen LogP) is 10.8. The summed E-state index contributed by atoms with van der Waals surface area (Å²) in [5, 5.41) is 2.88. The molecule has 0 aliphatic carbocycles. The van der Waals surface area contributed by atoms with Crippen LogP contribution in [0.1, 0.15) is 185 Å². The van der Waals surface area contributed by atoms with Crippen molar-refractivity contribution in [2.24, 2.45) is 0 Å². The Morgan fingerprint density at radius 1 is 0.661 bits per heavy atom. The van der Waals surface area contributed by atoms with Gasteiger partial charge in [0, 0.05) is 39.1 Å². The van der Waals surface area contributed by atoms with E-state index in [0.717, 1.165) is 94.1 Å². The van der Waals surface area contributed by atoms with Gasteiger partial charge < -0.3 is 33.9 Å². The lowest BCUT2D eigenvalue weighted by Gasteiger charge is -2.19. The van der Waals surface area contributed by atoms with Crippen LogP contribution in [0.3, 0.4) is 0 Å². The molecular formula is C46H79N2O8. The van der Waals surface area contributed by atoms with E-state index in [-0.39, 0.29) is 44.1 Å². The van der Waals surface area contributed by atoms with Crippen molar-refractivity contribution in [3.63, 3.8) is 0 Å². The van der Waals surface area contributed by atoms with E-state index in [1.807, 2.05) is 18.2 Å². The van der Waals surface area contributed by atoms with E-state index in [9.17, 15) is 14.4 Å². The van der Waals surface area contributed by atoms with Gasteiger partial charge in [0.05, 0.1) is 6.42 Å². The molecule has 1 aromatic rings. The molecule has 56 heavy (non-hydrogen) atoms. The van der Waals surface area contributed by atoms with Crippen molar-refractivity contribution in [1.82, 2.24) is 10.2 Å². The highest BCUT2D eigenvalue weighted by Gasteiger charge is 2.18. The molecule has 1 unspecified atom stereocenters. The quantitative estimate of drug-likeness (QED) is 0.0311. The van der Waals surface area contributed by atoms with Gasteiger partial charge in [0.2, 0.25) is 0 Å². The Bertz CT molecular complexity index is 1140. The summed E-state index contributed by atoms with van der Waals surface area (Å²) in [7, 11) is 0. The van der Waals surface area contributed by atoms with E-state index in [0.29, 0.717) is 32.6 Å². The van der Waals surface area contributed by atoms with Crippen LogP contribution < -0.4 is 5.32 Å². The number of nitrogens with one attached hydrogen (secondary N) is 1. The van der Waals surface area contributed by atoms with Crippen molar-refractivity contribution in [3.05, 3.63) is 41.8 Å². The van der Waals surface area contributed by atoms with Gasteiger partial charge in [0.1, 0.15) is 19.3 Å². The average Bonchev–Trinajstić information content (AvgIpc) is 3.71. The fourth-order valence-corrected chi connectivity index (χ4v) is 6.98. The summed E-state index contributed by atoms with van der Waals surface area (Å²) in [5.41, 5.74) is 2.29. The van der Waals surface area contributed by atoms with Gasteiger partial charge in [-0.3, -0.25) is 9.59 Å². The Balaban J connectivity index is 1.77. The van der Waals surface area contributed by atoms with Crippen LogP contribution in [0.2, 0.25) is 0 Å². The lowest BCUT2D eigenvalue weighted by Crippen LogP contribution is -2.35. The topological polar surface area (TPSA) is 113 Å². The third-order valence-electron chi connectivity index (χ3n) is 10.3. The van der Waals surface area contributed by atoms with Gasteiger partial charge in [-0.1, -0.05) is 116 Å². The number of hydrogen-bond acceptors (Lipinski definition) is 9. The molecule has 1 fully saturated rings. The van der Waals surface area contributed by atoms with Crippen LogP contribution in [0, 0.1) is 6.92 Å².